The highest BCUT2D eigenvalue weighted by molar-refractivity contribution is 7.92. The van der Waals surface area contributed by atoms with Crippen LogP contribution in [0.5, 0.6) is 0 Å². The average molecular weight is 484 g/mol. The summed E-state index contributed by atoms with van der Waals surface area (Å²) >= 11 is 6.23. The molecular weight excluding hydrogens is 457 g/mol. The zero-order valence-corrected chi connectivity index (χ0v) is 19.8. The van der Waals surface area contributed by atoms with Crippen LogP contribution in [-0.4, -0.2) is 51.0 Å². The van der Waals surface area contributed by atoms with Crippen molar-refractivity contribution in [1.29, 1.82) is 0 Å². The van der Waals surface area contributed by atoms with Crippen molar-refractivity contribution in [3.05, 3.63) is 64.9 Å². The van der Waals surface area contributed by atoms with Crippen molar-refractivity contribution in [2.75, 3.05) is 24.2 Å². The van der Waals surface area contributed by atoms with Gasteiger partial charge >= 0.3 is 0 Å². The predicted molar refractivity (Wildman–Crippen MR) is 123 cm³/mol. The first-order valence-electron chi connectivity index (χ1n) is 10.0. The highest BCUT2D eigenvalue weighted by Gasteiger charge is 2.26. The molecule has 2 rings (SSSR count). The van der Waals surface area contributed by atoms with Gasteiger partial charge in [-0.1, -0.05) is 29.8 Å². The van der Waals surface area contributed by atoms with E-state index in [0.717, 1.165) is 10.6 Å². The Bertz CT molecular complexity index is 1050. The minimum absolute atomic E-state index is 0.0129. The zero-order valence-electron chi connectivity index (χ0n) is 18.2. The Morgan fingerprint density at radius 2 is 1.75 bits per heavy atom. The zero-order chi connectivity index (χ0) is 23.9. The molecule has 174 valence electrons. The number of nitrogens with one attached hydrogen (secondary N) is 1. The molecule has 0 unspecified atom stereocenters. The third-order valence-electron chi connectivity index (χ3n) is 4.98. The van der Waals surface area contributed by atoms with E-state index >= 15 is 0 Å². The van der Waals surface area contributed by atoms with Crippen LogP contribution in [0.25, 0.3) is 0 Å². The Morgan fingerprint density at radius 3 is 2.31 bits per heavy atom. The highest BCUT2D eigenvalue weighted by Crippen LogP contribution is 2.21. The molecule has 0 saturated carbocycles. The van der Waals surface area contributed by atoms with E-state index in [1.165, 1.54) is 36.2 Å². The lowest BCUT2D eigenvalue weighted by Crippen LogP contribution is -2.46. The molecule has 0 aromatic heterocycles. The van der Waals surface area contributed by atoms with Crippen LogP contribution in [-0.2, 0) is 26.2 Å². The van der Waals surface area contributed by atoms with Crippen molar-refractivity contribution >= 4 is 39.1 Å². The van der Waals surface area contributed by atoms with E-state index < -0.39 is 21.9 Å². The monoisotopic (exact) mass is 483 g/mol. The summed E-state index contributed by atoms with van der Waals surface area (Å²) in [5, 5.41) is 3.02. The first-order valence-corrected chi connectivity index (χ1v) is 12.2. The van der Waals surface area contributed by atoms with Crippen LogP contribution in [0.1, 0.15) is 25.3 Å². The molecule has 2 aromatic carbocycles. The highest BCUT2D eigenvalue weighted by atomic mass is 35.5. The van der Waals surface area contributed by atoms with Crippen molar-refractivity contribution in [3.8, 4) is 0 Å². The number of hydrogen-bond donors (Lipinski definition) is 1. The number of carbonyl (C=O) groups is 2. The van der Waals surface area contributed by atoms with Gasteiger partial charge in [0.05, 0.1) is 11.9 Å². The van der Waals surface area contributed by atoms with Gasteiger partial charge in [-0.2, -0.15) is 0 Å². The van der Waals surface area contributed by atoms with Crippen LogP contribution in [0.4, 0.5) is 10.1 Å². The quantitative estimate of drug-likeness (QED) is 0.562. The Balaban J connectivity index is 2.14. The molecule has 0 aliphatic carbocycles. The maximum absolute atomic E-state index is 13.2. The van der Waals surface area contributed by atoms with E-state index in [-0.39, 0.29) is 37.7 Å². The molecule has 2 aromatic rings. The van der Waals surface area contributed by atoms with Crippen LogP contribution in [0, 0.1) is 5.82 Å². The Hall–Kier alpha value is -2.65. The molecular formula is C22H27ClFN3O4S. The van der Waals surface area contributed by atoms with E-state index in [1.54, 1.807) is 31.2 Å². The molecule has 0 aliphatic heterocycles. The lowest BCUT2D eigenvalue weighted by Gasteiger charge is -2.29. The normalized spacial score (nSPS) is 12.2. The van der Waals surface area contributed by atoms with Crippen LogP contribution in [0.15, 0.2) is 48.5 Å². The van der Waals surface area contributed by atoms with Gasteiger partial charge < -0.3 is 10.2 Å². The van der Waals surface area contributed by atoms with E-state index in [2.05, 4.69) is 5.32 Å². The fraction of sp³-hybridized carbons (Fsp3) is 0.364. The Kier molecular flexibility index (Phi) is 9.03. The van der Waals surface area contributed by atoms with Crippen molar-refractivity contribution in [2.45, 2.75) is 32.4 Å². The minimum Gasteiger partial charge on any atom is -0.357 e. The molecule has 7 nitrogen and oxygen atoms in total. The molecule has 0 spiro atoms. The molecule has 1 atom stereocenters. The largest absolute Gasteiger partial charge is 0.357 e. The molecule has 0 radical (unpaired) electrons. The number of benzene rings is 2. The molecule has 0 saturated heterocycles. The minimum atomic E-state index is -3.63. The first kappa shape index (κ1) is 25.6. The van der Waals surface area contributed by atoms with Gasteiger partial charge in [0.15, 0.2) is 0 Å². The van der Waals surface area contributed by atoms with Gasteiger partial charge in [-0.15, -0.1) is 0 Å². The standard InChI is InChI=1S/C22H27ClFN3O4S/c1-16(22(29)25-2)26(15-17-7-4-5-8-20(17)23)21(28)9-6-14-27(32(3,30)31)19-12-10-18(24)11-13-19/h4-5,7-8,10-13,16H,6,9,14-15H2,1-3H3,(H,25,29)/t16-/m1/s1. The van der Waals surface area contributed by atoms with E-state index in [0.29, 0.717) is 16.3 Å². The topological polar surface area (TPSA) is 86.8 Å². The first-order chi connectivity index (χ1) is 15.0. The van der Waals surface area contributed by atoms with Gasteiger partial charge in [0.2, 0.25) is 21.8 Å². The molecule has 2 amide bonds. The van der Waals surface area contributed by atoms with Crippen LogP contribution in [0.3, 0.4) is 0 Å². The number of likely N-dealkylation sites (N-methyl/N-ethyl adjacent to an activating group) is 1. The number of anilines is 1. The molecule has 32 heavy (non-hydrogen) atoms. The molecule has 0 bridgehead atoms. The van der Waals surface area contributed by atoms with Gasteiger partial charge in [-0.05, 0) is 49.2 Å². The Labute approximate surface area is 193 Å². The van der Waals surface area contributed by atoms with E-state index in [9.17, 15) is 22.4 Å². The summed E-state index contributed by atoms with van der Waals surface area (Å²) in [6.07, 6.45) is 1.28. The Morgan fingerprint density at radius 1 is 1.12 bits per heavy atom. The summed E-state index contributed by atoms with van der Waals surface area (Å²) in [6, 6.07) is 11.4. The van der Waals surface area contributed by atoms with Crippen molar-refractivity contribution in [1.82, 2.24) is 10.2 Å². The summed E-state index contributed by atoms with van der Waals surface area (Å²) < 4.78 is 38.8. The maximum atomic E-state index is 13.2. The number of nitrogens with zero attached hydrogens (tertiary/aromatic N) is 2. The molecule has 0 heterocycles. The fourth-order valence-corrected chi connectivity index (χ4v) is 4.37. The van der Waals surface area contributed by atoms with Gasteiger partial charge in [0, 0.05) is 31.6 Å². The fourth-order valence-electron chi connectivity index (χ4n) is 3.21. The van der Waals surface area contributed by atoms with Gasteiger partial charge in [0.1, 0.15) is 11.9 Å². The predicted octanol–water partition coefficient (Wildman–Crippen LogP) is 3.19. The molecule has 10 heteroatoms. The summed E-state index contributed by atoms with van der Waals surface area (Å²) in [4.78, 5) is 26.6. The van der Waals surface area contributed by atoms with Gasteiger partial charge in [0.25, 0.3) is 0 Å². The third kappa shape index (κ3) is 6.93. The van der Waals surface area contributed by atoms with Gasteiger partial charge in [-0.25, -0.2) is 12.8 Å². The van der Waals surface area contributed by atoms with E-state index in [1.807, 2.05) is 0 Å². The second-order valence-corrected chi connectivity index (χ2v) is 9.63. The molecule has 1 N–H and O–H groups in total. The van der Waals surface area contributed by atoms with Crippen LogP contribution >= 0.6 is 11.6 Å². The summed E-state index contributed by atoms with van der Waals surface area (Å²) in [7, 11) is -2.14. The average Bonchev–Trinajstić information content (AvgIpc) is 2.75. The maximum Gasteiger partial charge on any atom is 0.242 e. The number of amides is 2. The number of sulfonamides is 1. The lowest BCUT2D eigenvalue weighted by atomic mass is 10.1. The number of rotatable bonds is 10. The third-order valence-corrected chi connectivity index (χ3v) is 6.54. The molecule has 0 aliphatic rings. The number of halogens is 2. The summed E-state index contributed by atoms with van der Waals surface area (Å²) in [6.45, 7) is 1.79. The smallest absolute Gasteiger partial charge is 0.242 e. The van der Waals surface area contributed by atoms with Crippen molar-refractivity contribution in [2.24, 2.45) is 0 Å². The lowest BCUT2D eigenvalue weighted by molar-refractivity contribution is -0.140. The summed E-state index contributed by atoms with van der Waals surface area (Å²) in [5.74, 6) is -1.11. The second kappa shape index (κ2) is 11.3. The van der Waals surface area contributed by atoms with Crippen molar-refractivity contribution in [3.63, 3.8) is 0 Å². The van der Waals surface area contributed by atoms with Crippen molar-refractivity contribution < 1.29 is 22.4 Å². The SMILES string of the molecule is CNC(=O)[C@@H](C)N(Cc1ccccc1Cl)C(=O)CCCN(c1ccc(F)cc1)S(C)(=O)=O. The van der Waals surface area contributed by atoms with Gasteiger partial charge in [-0.3, -0.25) is 13.9 Å². The number of hydrogen-bond acceptors (Lipinski definition) is 4. The summed E-state index contributed by atoms with van der Waals surface area (Å²) in [5.41, 5.74) is 1.01. The van der Waals surface area contributed by atoms with Crippen LogP contribution < -0.4 is 9.62 Å². The number of carbonyl (C=O) groups excluding carboxylic acids is 2. The second-order valence-electron chi connectivity index (χ2n) is 7.32. The van der Waals surface area contributed by atoms with E-state index in [4.69, 9.17) is 11.6 Å². The molecule has 0 fully saturated rings. The van der Waals surface area contributed by atoms with Crippen LogP contribution in [0.2, 0.25) is 5.02 Å².